The van der Waals surface area contributed by atoms with Crippen LogP contribution in [0.1, 0.15) is 66.2 Å². The minimum absolute atomic E-state index is 0.00585. The van der Waals surface area contributed by atoms with Crippen molar-refractivity contribution < 1.29 is 19.4 Å². The Balaban J connectivity index is 1.63. The van der Waals surface area contributed by atoms with E-state index in [4.69, 9.17) is 9.47 Å². The predicted molar refractivity (Wildman–Crippen MR) is 95.0 cm³/mol. The summed E-state index contributed by atoms with van der Waals surface area (Å²) in [6, 6.07) is 0. The second-order valence-electron chi connectivity index (χ2n) is 9.96. The molecule has 25 heavy (non-hydrogen) atoms. The van der Waals surface area contributed by atoms with Crippen LogP contribution in [0.5, 0.6) is 0 Å². The van der Waals surface area contributed by atoms with Crippen LogP contribution in [0.3, 0.4) is 0 Å². The van der Waals surface area contributed by atoms with Gasteiger partial charge in [-0.25, -0.2) is 4.79 Å². The van der Waals surface area contributed by atoms with Crippen molar-refractivity contribution in [3.8, 4) is 0 Å². The molecule has 0 amide bonds. The Bertz CT molecular complexity index is 609. The minimum atomic E-state index is -0.523. The fourth-order valence-corrected chi connectivity index (χ4v) is 6.65. The molecule has 4 rings (SSSR count). The highest BCUT2D eigenvalue weighted by atomic mass is 16.8. The second-order valence-corrected chi connectivity index (χ2v) is 9.96. The van der Waals surface area contributed by atoms with E-state index in [-0.39, 0.29) is 28.5 Å². The number of ether oxygens (including phenoxy) is 2. The summed E-state index contributed by atoms with van der Waals surface area (Å²) in [5, 5.41) is 10.6. The Labute approximate surface area is 151 Å². The fourth-order valence-electron chi connectivity index (χ4n) is 6.65. The van der Waals surface area contributed by atoms with Crippen molar-refractivity contribution in [3.63, 3.8) is 0 Å². The number of aliphatic hydroxyl groups excluding tert-OH is 1. The maximum atomic E-state index is 11.4. The first kappa shape index (κ1) is 17.4. The van der Waals surface area contributed by atoms with E-state index in [0.717, 1.165) is 38.5 Å². The molecule has 0 radical (unpaired) electrons. The second kappa shape index (κ2) is 5.48. The normalized spacial score (nSPS) is 48.7. The summed E-state index contributed by atoms with van der Waals surface area (Å²) in [4.78, 5) is 11.4. The third kappa shape index (κ3) is 2.47. The monoisotopic (exact) mass is 348 g/mol. The summed E-state index contributed by atoms with van der Waals surface area (Å²) in [7, 11) is 0. The highest BCUT2D eigenvalue weighted by Crippen LogP contribution is 2.64. The topological polar surface area (TPSA) is 55.8 Å². The number of hydrogen-bond acceptors (Lipinski definition) is 4. The SMILES string of the molecule is CC1(C)[C@@H](O)CC[C@]2(C)[C@H]3CC[C@@](C)([C@H]4COC(=O)O4)C=C3CC[C@@H]12. The lowest BCUT2D eigenvalue weighted by molar-refractivity contribution is -0.128. The number of cyclic esters (lactones) is 2. The van der Waals surface area contributed by atoms with Gasteiger partial charge in [-0.15, -0.1) is 0 Å². The van der Waals surface area contributed by atoms with E-state index in [1.807, 2.05) is 0 Å². The lowest BCUT2D eigenvalue weighted by Crippen LogP contribution is -2.55. The van der Waals surface area contributed by atoms with Crippen LogP contribution in [0.15, 0.2) is 11.6 Å². The summed E-state index contributed by atoms with van der Waals surface area (Å²) in [6.45, 7) is 9.58. The van der Waals surface area contributed by atoms with Gasteiger partial charge in [0, 0.05) is 5.41 Å². The number of carbonyl (C=O) groups excluding carboxylic acids is 1. The van der Waals surface area contributed by atoms with Gasteiger partial charge in [-0.05, 0) is 61.2 Å². The zero-order valence-corrected chi connectivity index (χ0v) is 16.0. The lowest BCUT2D eigenvalue weighted by atomic mass is 9.45. The molecule has 0 spiro atoms. The van der Waals surface area contributed by atoms with Crippen molar-refractivity contribution in [1.82, 2.24) is 0 Å². The largest absolute Gasteiger partial charge is 0.508 e. The number of fused-ring (bicyclic) bond motifs is 3. The summed E-state index contributed by atoms with van der Waals surface area (Å²) < 4.78 is 10.5. The molecule has 140 valence electrons. The fraction of sp³-hybridized carbons (Fsp3) is 0.857. The third-order valence-corrected chi connectivity index (χ3v) is 8.29. The highest BCUT2D eigenvalue weighted by Gasteiger charge is 2.57. The van der Waals surface area contributed by atoms with Gasteiger partial charge in [0.25, 0.3) is 0 Å². The predicted octanol–water partition coefficient (Wildman–Crippen LogP) is 4.46. The number of aliphatic hydroxyl groups is 1. The van der Waals surface area contributed by atoms with Crippen molar-refractivity contribution in [2.45, 2.75) is 78.4 Å². The first-order valence-electron chi connectivity index (χ1n) is 9.90. The Hall–Kier alpha value is -1.03. The van der Waals surface area contributed by atoms with Crippen LogP contribution in [-0.2, 0) is 9.47 Å². The molecule has 1 heterocycles. The van der Waals surface area contributed by atoms with Crippen molar-refractivity contribution in [2.24, 2.45) is 28.1 Å². The molecule has 0 aromatic heterocycles. The summed E-state index contributed by atoms with van der Waals surface area (Å²) >= 11 is 0. The van der Waals surface area contributed by atoms with E-state index in [2.05, 4.69) is 33.8 Å². The molecule has 6 atom stereocenters. The van der Waals surface area contributed by atoms with Gasteiger partial charge < -0.3 is 14.6 Å². The standard InChI is InChI=1S/C21H32O4/c1-19(2)15-6-5-13-11-20(3,17-12-24-18(23)25-17)9-7-14(13)21(15,4)10-8-16(19)22/h11,14-17,22H,5-10,12H2,1-4H3/t14-,15-,16-,17+,20+,21+/m0/s1. The maximum absolute atomic E-state index is 11.4. The Morgan fingerprint density at radius 3 is 2.56 bits per heavy atom. The number of allylic oxidation sites excluding steroid dienone is 1. The van der Waals surface area contributed by atoms with Crippen molar-refractivity contribution >= 4 is 6.16 Å². The maximum Gasteiger partial charge on any atom is 0.508 e. The van der Waals surface area contributed by atoms with Crippen LogP contribution in [0.25, 0.3) is 0 Å². The van der Waals surface area contributed by atoms with Crippen LogP contribution in [0.4, 0.5) is 4.79 Å². The average molecular weight is 348 g/mol. The molecule has 0 unspecified atom stereocenters. The molecule has 4 aliphatic rings. The number of carbonyl (C=O) groups is 1. The van der Waals surface area contributed by atoms with E-state index in [1.165, 1.54) is 0 Å². The molecule has 1 saturated heterocycles. The molecule has 0 aromatic rings. The first-order valence-corrected chi connectivity index (χ1v) is 9.90. The van der Waals surface area contributed by atoms with Crippen LogP contribution in [-0.4, -0.2) is 30.1 Å². The Morgan fingerprint density at radius 2 is 1.88 bits per heavy atom. The summed E-state index contributed by atoms with van der Waals surface area (Å²) in [5.74, 6) is 1.17. The minimum Gasteiger partial charge on any atom is -0.430 e. The molecule has 1 aliphatic heterocycles. The quantitative estimate of drug-likeness (QED) is 0.561. The van der Waals surface area contributed by atoms with E-state index < -0.39 is 6.16 Å². The molecule has 3 aliphatic carbocycles. The molecule has 1 N–H and O–H groups in total. The molecule has 0 bridgehead atoms. The van der Waals surface area contributed by atoms with Gasteiger partial charge in [0.1, 0.15) is 12.7 Å². The van der Waals surface area contributed by atoms with Crippen molar-refractivity contribution in [1.29, 1.82) is 0 Å². The molecular formula is C21H32O4. The van der Waals surface area contributed by atoms with Gasteiger partial charge in [0.15, 0.2) is 0 Å². The van der Waals surface area contributed by atoms with Gasteiger partial charge in [-0.2, -0.15) is 0 Å². The van der Waals surface area contributed by atoms with Crippen molar-refractivity contribution in [2.75, 3.05) is 6.61 Å². The van der Waals surface area contributed by atoms with Gasteiger partial charge >= 0.3 is 6.16 Å². The molecule has 4 nitrogen and oxygen atoms in total. The van der Waals surface area contributed by atoms with Gasteiger partial charge in [-0.1, -0.05) is 39.3 Å². The Kier molecular flexibility index (Phi) is 3.81. The summed E-state index contributed by atoms with van der Waals surface area (Å²) in [6.07, 6.45) is 8.04. The van der Waals surface area contributed by atoms with Crippen LogP contribution < -0.4 is 0 Å². The smallest absolute Gasteiger partial charge is 0.430 e. The van der Waals surface area contributed by atoms with Crippen LogP contribution in [0.2, 0.25) is 0 Å². The summed E-state index contributed by atoms with van der Waals surface area (Å²) in [5.41, 5.74) is 1.72. The zero-order chi connectivity index (χ0) is 18.0. The zero-order valence-electron chi connectivity index (χ0n) is 16.0. The number of rotatable bonds is 1. The molecule has 3 fully saturated rings. The lowest BCUT2D eigenvalue weighted by Gasteiger charge is -2.61. The molecule has 4 heteroatoms. The average Bonchev–Trinajstić information content (AvgIpc) is 2.98. The first-order chi connectivity index (χ1) is 11.7. The third-order valence-electron chi connectivity index (χ3n) is 8.29. The van der Waals surface area contributed by atoms with E-state index in [9.17, 15) is 9.90 Å². The highest BCUT2D eigenvalue weighted by molar-refractivity contribution is 5.62. The molecule has 2 saturated carbocycles. The van der Waals surface area contributed by atoms with Crippen molar-refractivity contribution in [3.05, 3.63) is 11.6 Å². The van der Waals surface area contributed by atoms with E-state index >= 15 is 0 Å². The number of hydrogen-bond donors (Lipinski definition) is 1. The van der Waals surface area contributed by atoms with E-state index in [1.54, 1.807) is 5.57 Å². The molecule has 0 aromatic carbocycles. The van der Waals surface area contributed by atoms with Crippen LogP contribution >= 0.6 is 0 Å². The Morgan fingerprint density at radius 1 is 1.12 bits per heavy atom. The van der Waals surface area contributed by atoms with Crippen LogP contribution in [0, 0.1) is 28.1 Å². The van der Waals surface area contributed by atoms with E-state index in [0.29, 0.717) is 18.4 Å². The molecular weight excluding hydrogens is 316 g/mol. The van der Waals surface area contributed by atoms with Gasteiger partial charge in [0.05, 0.1) is 6.10 Å². The van der Waals surface area contributed by atoms with Gasteiger partial charge in [-0.3, -0.25) is 0 Å². The van der Waals surface area contributed by atoms with Gasteiger partial charge in [0.2, 0.25) is 0 Å².